The molecule has 4 rings (SSSR count). The van der Waals surface area contributed by atoms with Crippen LogP contribution in [0.4, 0.5) is 0 Å². The summed E-state index contributed by atoms with van der Waals surface area (Å²) in [7, 11) is 0. The Hall–Kier alpha value is -2.74. The Balaban J connectivity index is 0.00000267. The summed E-state index contributed by atoms with van der Waals surface area (Å²) in [6.45, 7) is 5.78. The van der Waals surface area contributed by atoms with Gasteiger partial charge in [0.25, 0.3) is 0 Å². The number of nitrogens with zero attached hydrogens (tertiary/aromatic N) is 2. The second-order valence-electron chi connectivity index (χ2n) is 8.86. The van der Waals surface area contributed by atoms with Gasteiger partial charge in [0, 0.05) is 35.4 Å². The van der Waals surface area contributed by atoms with Crippen LogP contribution < -0.4 is 14.8 Å². The molecule has 2 N–H and O–H groups in total. The number of aliphatic hydroxyl groups excluding tert-OH is 1. The fourth-order valence-electron chi connectivity index (χ4n) is 3.89. The van der Waals surface area contributed by atoms with Crippen molar-refractivity contribution in [1.82, 2.24) is 14.9 Å². The Bertz CT molecular complexity index is 1250. The second kappa shape index (κ2) is 16.4. The van der Waals surface area contributed by atoms with Crippen molar-refractivity contribution in [2.75, 3.05) is 19.7 Å². The summed E-state index contributed by atoms with van der Waals surface area (Å²) < 4.78 is 13.8. The van der Waals surface area contributed by atoms with Crippen LogP contribution in [0, 0.1) is 0 Å². The number of likely N-dealkylation sites (N-methyl/N-ethyl adjacent to an activating group) is 1. The van der Waals surface area contributed by atoms with Gasteiger partial charge < -0.3 is 24.5 Å². The Morgan fingerprint density at radius 3 is 2.13 bits per heavy atom. The maximum atomic E-state index is 9.97. The highest BCUT2D eigenvalue weighted by atomic mass is 35.5. The van der Waals surface area contributed by atoms with Crippen molar-refractivity contribution in [2.45, 2.75) is 39.2 Å². The maximum Gasteiger partial charge on any atom is 0.127 e. The third kappa shape index (κ3) is 9.45. The molecule has 0 radical (unpaired) electrons. The Morgan fingerprint density at radius 1 is 0.897 bits per heavy atom. The number of aromatic nitrogens is 2. The molecule has 0 spiro atoms. The summed E-state index contributed by atoms with van der Waals surface area (Å²) in [4.78, 5) is 4.96. The maximum absolute atomic E-state index is 9.97. The van der Waals surface area contributed by atoms with E-state index in [4.69, 9.17) is 26.1 Å². The van der Waals surface area contributed by atoms with E-state index in [-0.39, 0.29) is 31.4 Å². The molecule has 0 saturated carbocycles. The number of nitrogens with one attached hydrogen (secondary N) is 1. The lowest BCUT2D eigenvalue weighted by Crippen LogP contribution is -2.31. The van der Waals surface area contributed by atoms with Crippen LogP contribution in [-0.4, -0.2) is 40.5 Å². The van der Waals surface area contributed by atoms with Gasteiger partial charge in [-0.3, -0.25) is 0 Å². The van der Waals surface area contributed by atoms with E-state index in [2.05, 4.69) is 23.0 Å². The molecule has 6 nitrogen and oxygen atoms in total. The van der Waals surface area contributed by atoms with Gasteiger partial charge in [0.15, 0.2) is 0 Å². The summed E-state index contributed by atoms with van der Waals surface area (Å²) in [5.41, 5.74) is 2.95. The van der Waals surface area contributed by atoms with E-state index in [0.717, 1.165) is 65.8 Å². The van der Waals surface area contributed by atoms with Gasteiger partial charge in [-0.1, -0.05) is 31.9 Å². The van der Waals surface area contributed by atoms with Crippen molar-refractivity contribution in [3.05, 3.63) is 89.8 Å². The molecule has 1 heterocycles. The van der Waals surface area contributed by atoms with Gasteiger partial charge in [0.05, 0.1) is 5.69 Å². The fourth-order valence-corrected chi connectivity index (χ4v) is 4.02. The highest BCUT2D eigenvalue weighted by Crippen LogP contribution is 2.27. The van der Waals surface area contributed by atoms with E-state index >= 15 is 0 Å². The number of hydrogen-bond acceptors (Lipinski definition) is 5. The molecule has 39 heavy (non-hydrogen) atoms. The lowest BCUT2D eigenvalue weighted by molar-refractivity contribution is 0.107. The largest absolute Gasteiger partial charge is 0.491 e. The number of ether oxygens (including phenoxy) is 2. The molecular weight excluding hydrogens is 557 g/mol. The number of aryl methyl sites for hydroxylation is 1. The number of benzene rings is 3. The van der Waals surface area contributed by atoms with Gasteiger partial charge in [0.2, 0.25) is 0 Å². The average Bonchev–Trinajstić information content (AvgIpc) is 3.35. The third-order valence-corrected chi connectivity index (χ3v) is 6.17. The first kappa shape index (κ1) is 32.5. The summed E-state index contributed by atoms with van der Waals surface area (Å²) >= 11 is 5.97. The molecule has 0 unspecified atom stereocenters. The summed E-state index contributed by atoms with van der Waals surface area (Å²) in [5.74, 6) is 3.24. The topological polar surface area (TPSA) is 68.5 Å². The van der Waals surface area contributed by atoms with E-state index in [1.54, 1.807) is 0 Å². The van der Waals surface area contributed by atoms with Crippen molar-refractivity contribution in [2.24, 2.45) is 0 Å². The van der Waals surface area contributed by atoms with Gasteiger partial charge in [0.1, 0.15) is 35.8 Å². The highest BCUT2D eigenvalue weighted by molar-refractivity contribution is 6.30. The number of aliphatic hydroxyl groups is 1. The molecule has 0 amide bonds. The van der Waals surface area contributed by atoms with E-state index in [1.165, 1.54) is 0 Å². The predicted octanol–water partition coefficient (Wildman–Crippen LogP) is 7.52. The summed E-state index contributed by atoms with van der Waals surface area (Å²) in [5, 5.41) is 13.8. The predicted molar refractivity (Wildman–Crippen MR) is 164 cm³/mol. The number of unbranched alkanes of at least 4 members (excludes halogenated alkanes) is 1. The minimum Gasteiger partial charge on any atom is -0.491 e. The van der Waals surface area contributed by atoms with Crippen molar-refractivity contribution in [3.8, 4) is 34.2 Å². The molecule has 0 bridgehead atoms. The van der Waals surface area contributed by atoms with Crippen LogP contribution in [0.2, 0.25) is 5.02 Å². The molecule has 4 aromatic rings. The zero-order valence-electron chi connectivity index (χ0n) is 22.2. The molecule has 3 aromatic carbocycles. The first-order valence-electron chi connectivity index (χ1n) is 12.8. The quantitative estimate of drug-likeness (QED) is 0.168. The van der Waals surface area contributed by atoms with Crippen LogP contribution in [0.3, 0.4) is 0 Å². The zero-order chi connectivity index (χ0) is 26.0. The molecule has 9 heteroatoms. The van der Waals surface area contributed by atoms with E-state index in [1.807, 2.05) is 79.7 Å². The molecule has 0 aliphatic rings. The third-order valence-electron chi connectivity index (χ3n) is 5.92. The zero-order valence-corrected chi connectivity index (χ0v) is 24.6. The molecule has 1 aromatic heterocycles. The number of hydrogen-bond donors (Lipinski definition) is 2. The molecule has 0 saturated heterocycles. The van der Waals surface area contributed by atoms with Gasteiger partial charge in [-0.2, -0.15) is 0 Å². The van der Waals surface area contributed by atoms with Crippen LogP contribution >= 0.6 is 36.4 Å². The van der Waals surface area contributed by atoms with Crippen molar-refractivity contribution in [1.29, 1.82) is 0 Å². The van der Waals surface area contributed by atoms with Crippen LogP contribution in [0.25, 0.3) is 16.9 Å². The van der Waals surface area contributed by atoms with Crippen LogP contribution in [-0.2, 0) is 6.42 Å². The molecule has 1 atom stereocenters. The first-order valence-corrected chi connectivity index (χ1v) is 13.2. The molecule has 0 aliphatic carbocycles. The molecular formula is C30H36Cl3N3O3. The number of rotatable bonds is 13. The van der Waals surface area contributed by atoms with Crippen molar-refractivity contribution < 1.29 is 14.6 Å². The molecule has 0 aliphatic heterocycles. The minimum atomic E-state index is -0.542. The second-order valence-corrected chi connectivity index (χ2v) is 9.30. The smallest absolute Gasteiger partial charge is 0.127 e. The lowest BCUT2D eigenvalue weighted by atomic mass is 10.1. The van der Waals surface area contributed by atoms with Gasteiger partial charge >= 0.3 is 0 Å². The fraction of sp³-hybridized carbons (Fsp3) is 0.300. The Kier molecular flexibility index (Phi) is 13.6. The van der Waals surface area contributed by atoms with Crippen LogP contribution in [0.5, 0.6) is 17.2 Å². The first-order chi connectivity index (χ1) is 18.1. The minimum absolute atomic E-state index is 0. The van der Waals surface area contributed by atoms with Gasteiger partial charge in [-0.15, -0.1) is 24.8 Å². The standard InChI is InChI=1S/C30H34ClN3O3.2ClH/c1-3-5-6-30-33-29(22-7-13-26(14-8-22)36-21-25(35)19-32-4-2)20-34(30)24-11-17-28(18-12-24)37-27-15-9-23(31)10-16-27;;/h7-18,20,25,32,35H,3-6,19,21H2,1-2H3;2*1H/t25-;;/m0../s1. The summed E-state index contributed by atoms with van der Waals surface area (Å²) in [6.07, 6.45) is 4.60. The Labute approximate surface area is 248 Å². The monoisotopic (exact) mass is 591 g/mol. The van der Waals surface area contributed by atoms with Crippen molar-refractivity contribution in [3.63, 3.8) is 0 Å². The van der Waals surface area contributed by atoms with E-state index in [9.17, 15) is 5.11 Å². The van der Waals surface area contributed by atoms with Gasteiger partial charge in [-0.05, 0) is 85.8 Å². The number of halogens is 3. The van der Waals surface area contributed by atoms with Crippen LogP contribution in [0.15, 0.2) is 79.0 Å². The van der Waals surface area contributed by atoms with Gasteiger partial charge in [-0.25, -0.2) is 4.98 Å². The highest BCUT2D eigenvalue weighted by Gasteiger charge is 2.12. The van der Waals surface area contributed by atoms with Crippen molar-refractivity contribution >= 4 is 36.4 Å². The molecule has 210 valence electrons. The lowest BCUT2D eigenvalue weighted by Gasteiger charge is -2.12. The normalized spacial score (nSPS) is 11.3. The van der Waals surface area contributed by atoms with E-state index < -0.39 is 6.10 Å². The Morgan fingerprint density at radius 2 is 1.51 bits per heavy atom. The van der Waals surface area contributed by atoms with Crippen LogP contribution in [0.1, 0.15) is 32.5 Å². The SMILES string of the molecule is CCCCc1nc(-c2ccc(OC[C@@H](O)CNCC)cc2)cn1-c1ccc(Oc2ccc(Cl)cc2)cc1.Cl.Cl. The number of imidazole rings is 1. The molecule has 0 fully saturated rings. The summed E-state index contributed by atoms with van der Waals surface area (Å²) in [6, 6.07) is 23.2. The van der Waals surface area contributed by atoms with E-state index in [0.29, 0.717) is 11.6 Å². The average molecular weight is 593 g/mol.